The monoisotopic (exact) mass is 369 g/mol. The molecule has 2 N–H and O–H groups in total. The predicted octanol–water partition coefficient (Wildman–Crippen LogP) is 2.31. The first kappa shape index (κ1) is 18.5. The van der Waals surface area contributed by atoms with E-state index < -0.39 is 32.4 Å². The maximum Gasteiger partial charge on any atom is 0.341 e. The van der Waals surface area contributed by atoms with Gasteiger partial charge in [0.25, 0.3) is 5.91 Å². The van der Waals surface area contributed by atoms with Crippen molar-refractivity contribution >= 4 is 21.7 Å². The minimum absolute atomic E-state index is 0.107. The third-order valence-corrected chi connectivity index (χ3v) is 4.73. The SMILES string of the molecule is O=C(O)c1ccc(CNC(=O)c2ccc(S(=O)(=O)C(F)F)cc2)cc1. The quantitative estimate of drug-likeness (QED) is 0.814. The molecule has 25 heavy (non-hydrogen) atoms. The van der Waals surface area contributed by atoms with Gasteiger partial charge in [0, 0.05) is 12.1 Å². The first-order valence-electron chi connectivity index (χ1n) is 6.94. The lowest BCUT2D eigenvalue weighted by Crippen LogP contribution is -2.23. The minimum atomic E-state index is -4.70. The summed E-state index contributed by atoms with van der Waals surface area (Å²) >= 11 is 0. The highest BCUT2D eigenvalue weighted by Crippen LogP contribution is 2.18. The lowest BCUT2D eigenvalue weighted by molar-refractivity contribution is 0.0696. The molecule has 0 spiro atoms. The maximum atomic E-state index is 12.4. The van der Waals surface area contributed by atoms with Gasteiger partial charge in [0.2, 0.25) is 9.84 Å². The fourth-order valence-electron chi connectivity index (χ4n) is 1.95. The topological polar surface area (TPSA) is 101 Å². The summed E-state index contributed by atoms with van der Waals surface area (Å²) in [5, 5.41) is 11.4. The smallest absolute Gasteiger partial charge is 0.341 e. The molecular weight excluding hydrogens is 356 g/mol. The predicted molar refractivity (Wildman–Crippen MR) is 84.2 cm³/mol. The van der Waals surface area contributed by atoms with Crippen LogP contribution in [0.1, 0.15) is 26.3 Å². The van der Waals surface area contributed by atoms with Crippen molar-refractivity contribution in [1.29, 1.82) is 0 Å². The van der Waals surface area contributed by atoms with Crippen LogP contribution in [0.5, 0.6) is 0 Å². The summed E-state index contributed by atoms with van der Waals surface area (Å²) in [6.07, 6.45) is 0. The number of nitrogens with one attached hydrogen (secondary N) is 1. The van der Waals surface area contributed by atoms with Crippen LogP contribution in [-0.4, -0.2) is 31.2 Å². The molecule has 0 radical (unpaired) electrons. The van der Waals surface area contributed by atoms with Gasteiger partial charge in [0.15, 0.2) is 0 Å². The molecule has 0 aliphatic heterocycles. The average molecular weight is 369 g/mol. The van der Waals surface area contributed by atoms with Gasteiger partial charge in [-0.25, -0.2) is 13.2 Å². The summed E-state index contributed by atoms with van der Waals surface area (Å²) < 4.78 is 47.5. The Kier molecular flexibility index (Phi) is 5.48. The van der Waals surface area contributed by atoms with E-state index in [0.717, 1.165) is 24.3 Å². The molecule has 0 aromatic heterocycles. The van der Waals surface area contributed by atoms with Crippen molar-refractivity contribution < 1.29 is 31.9 Å². The lowest BCUT2D eigenvalue weighted by atomic mass is 10.1. The molecule has 1 amide bonds. The van der Waals surface area contributed by atoms with E-state index in [-0.39, 0.29) is 17.7 Å². The summed E-state index contributed by atoms with van der Waals surface area (Å²) in [5.74, 6) is -5.11. The number of aromatic carboxylic acids is 1. The molecule has 2 aromatic rings. The van der Waals surface area contributed by atoms with Crippen LogP contribution in [0.3, 0.4) is 0 Å². The number of halogens is 2. The molecule has 9 heteroatoms. The van der Waals surface area contributed by atoms with Crippen molar-refractivity contribution in [3.8, 4) is 0 Å². The van der Waals surface area contributed by atoms with Crippen LogP contribution in [0.25, 0.3) is 0 Å². The number of carboxylic acids is 1. The zero-order chi connectivity index (χ0) is 18.6. The zero-order valence-electron chi connectivity index (χ0n) is 12.6. The second kappa shape index (κ2) is 7.39. The van der Waals surface area contributed by atoms with E-state index in [1.165, 1.54) is 12.1 Å². The Labute approximate surface area is 142 Å². The molecule has 0 heterocycles. The van der Waals surface area contributed by atoms with Gasteiger partial charge in [-0.15, -0.1) is 0 Å². The first-order valence-corrected chi connectivity index (χ1v) is 8.49. The molecule has 0 saturated carbocycles. The van der Waals surface area contributed by atoms with Crippen LogP contribution < -0.4 is 5.32 Å². The molecule has 2 rings (SSSR count). The van der Waals surface area contributed by atoms with Gasteiger partial charge < -0.3 is 10.4 Å². The summed E-state index contributed by atoms with van der Waals surface area (Å²) in [6, 6.07) is 10.0. The van der Waals surface area contributed by atoms with Gasteiger partial charge in [0.1, 0.15) is 0 Å². The highest BCUT2D eigenvalue weighted by molar-refractivity contribution is 7.91. The van der Waals surface area contributed by atoms with Crippen LogP contribution in [0.2, 0.25) is 0 Å². The molecule has 0 aliphatic rings. The van der Waals surface area contributed by atoms with E-state index in [4.69, 9.17) is 5.11 Å². The molecule has 0 atom stereocenters. The third-order valence-electron chi connectivity index (χ3n) is 3.33. The second-order valence-electron chi connectivity index (χ2n) is 5.01. The van der Waals surface area contributed by atoms with Crippen LogP contribution in [0, 0.1) is 0 Å². The van der Waals surface area contributed by atoms with Crippen molar-refractivity contribution in [1.82, 2.24) is 5.32 Å². The van der Waals surface area contributed by atoms with E-state index in [1.54, 1.807) is 12.1 Å². The standard InChI is InChI=1S/C16H13F2NO5S/c17-16(18)25(23,24)13-7-5-11(6-8-13)14(20)19-9-10-1-3-12(4-2-10)15(21)22/h1-8,16H,9H2,(H,19,20)(H,21,22). The number of carbonyl (C=O) groups is 2. The van der Waals surface area contributed by atoms with Gasteiger partial charge in [-0.3, -0.25) is 4.79 Å². The molecule has 132 valence electrons. The van der Waals surface area contributed by atoms with Crippen molar-refractivity contribution in [2.45, 2.75) is 17.2 Å². The number of amides is 1. The average Bonchev–Trinajstić information content (AvgIpc) is 2.60. The summed E-state index contributed by atoms with van der Waals surface area (Å²) in [4.78, 5) is 22.2. The summed E-state index contributed by atoms with van der Waals surface area (Å²) in [6.45, 7) is 0.121. The summed E-state index contributed by atoms with van der Waals surface area (Å²) in [5.41, 5.74) is 0.886. The number of rotatable bonds is 6. The second-order valence-corrected chi connectivity index (χ2v) is 6.93. The number of carbonyl (C=O) groups excluding carboxylic acids is 1. The number of benzene rings is 2. The Morgan fingerprint density at radius 1 is 0.960 bits per heavy atom. The van der Waals surface area contributed by atoms with E-state index in [0.29, 0.717) is 5.56 Å². The molecular formula is C16H13F2NO5S. The van der Waals surface area contributed by atoms with Gasteiger partial charge in [-0.05, 0) is 42.0 Å². The molecule has 0 unspecified atom stereocenters. The fraction of sp³-hybridized carbons (Fsp3) is 0.125. The number of sulfone groups is 1. The molecule has 2 aromatic carbocycles. The van der Waals surface area contributed by atoms with E-state index in [2.05, 4.69) is 5.32 Å². The third kappa shape index (κ3) is 4.38. The van der Waals surface area contributed by atoms with Crippen LogP contribution in [-0.2, 0) is 16.4 Å². The zero-order valence-corrected chi connectivity index (χ0v) is 13.5. The molecule has 0 aliphatic carbocycles. The van der Waals surface area contributed by atoms with Crippen molar-refractivity contribution in [3.63, 3.8) is 0 Å². The summed E-state index contributed by atoms with van der Waals surface area (Å²) in [7, 11) is -4.70. The van der Waals surface area contributed by atoms with Crippen molar-refractivity contribution in [2.75, 3.05) is 0 Å². The van der Waals surface area contributed by atoms with Crippen LogP contribution >= 0.6 is 0 Å². The van der Waals surface area contributed by atoms with Crippen molar-refractivity contribution in [2.24, 2.45) is 0 Å². The Hall–Kier alpha value is -2.81. The van der Waals surface area contributed by atoms with Crippen molar-refractivity contribution in [3.05, 3.63) is 65.2 Å². The normalized spacial score (nSPS) is 11.3. The van der Waals surface area contributed by atoms with E-state index in [1.807, 2.05) is 0 Å². The van der Waals surface area contributed by atoms with Gasteiger partial charge in [-0.1, -0.05) is 12.1 Å². The number of alkyl halides is 2. The lowest BCUT2D eigenvalue weighted by Gasteiger charge is -2.07. The van der Waals surface area contributed by atoms with E-state index >= 15 is 0 Å². The molecule has 0 bridgehead atoms. The maximum absolute atomic E-state index is 12.4. The molecule has 0 saturated heterocycles. The highest BCUT2D eigenvalue weighted by atomic mass is 32.2. The minimum Gasteiger partial charge on any atom is -0.478 e. The number of hydrogen-bond donors (Lipinski definition) is 2. The Morgan fingerprint density at radius 2 is 1.48 bits per heavy atom. The van der Waals surface area contributed by atoms with Crippen LogP contribution in [0.4, 0.5) is 8.78 Å². The Balaban J connectivity index is 2.02. The number of carboxylic acid groups (broad SMARTS) is 1. The van der Waals surface area contributed by atoms with Gasteiger partial charge in [0.05, 0.1) is 10.5 Å². The van der Waals surface area contributed by atoms with Gasteiger partial charge >= 0.3 is 11.7 Å². The molecule has 0 fully saturated rings. The largest absolute Gasteiger partial charge is 0.478 e. The Morgan fingerprint density at radius 3 is 1.96 bits per heavy atom. The number of hydrogen-bond acceptors (Lipinski definition) is 4. The molecule has 6 nitrogen and oxygen atoms in total. The van der Waals surface area contributed by atoms with E-state index in [9.17, 15) is 26.8 Å². The first-order chi connectivity index (χ1) is 11.7. The van der Waals surface area contributed by atoms with Crippen LogP contribution in [0.15, 0.2) is 53.4 Å². The highest BCUT2D eigenvalue weighted by Gasteiger charge is 2.26. The van der Waals surface area contributed by atoms with Gasteiger partial charge in [-0.2, -0.15) is 8.78 Å². The Bertz CT molecular complexity index is 878. The fourth-order valence-corrected chi connectivity index (χ4v) is 2.67.